The lowest BCUT2D eigenvalue weighted by Crippen LogP contribution is -2.37. The molecular formula is C21H17FN4O3S2. The van der Waals surface area contributed by atoms with Gasteiger partial charge in [-0.05, 0) is 36.0 Å². The van der Waals surface area contributed by atoms with Gasteiger partial charge < -0.3 is 5.32 Å². The van der Waals surface area contributed by atoms with E-state index in [0.29, 0.717) is 5.16 Å². The first-order valence-corrected chi connectivity index (χ1v) is 11.1. The Balaban J connectivity index is 1.28. The molecule has 7 nitrogen and oxygen atoms in total. The van der Waals surface area contributed by atoms with E-state index in [1.807, 2.05) is 28.8 Å². The lowest BCUT2D eigenvalue weighted by atomic mass is 10.2. The summed E-state index contributed by atoms with van der Waals surface area (Å²) in [6.45, 7) is 0.175. The molecule has 0 spiro atoms. The third-order valence-electron chi connectivity index (χ3n) is 4.46. The normalized spacial score (nSPS) is 15.3. The molecule has 1 saturated heterocycles. The standard InChI is InChI=1S/C21H17FN4O3S2/c22-16-7-2-1-5-14(16)11-17-19(28)26(21(29)31-17)10-8-23-18(27)13-30-20-24-12-15-6-3-4-9-25(15)20/h1-7,9,11-12H,8,10,13H2,(H,23,27)/b17-11-. The number of halogens is 1. The molecule has 10 heteroatoms. The van der Waals surface area contributed by atoms with E-state index in [2.05, 4.69) is 10.3 Å². The molecular weight excluding hydrogens is 439 g/mol. The lowest BCUT2D eigenvalue weighted by molar-refractivity contribution is -0.123. The number of carbonyl (C=O) groups is 3. The molecule has 0 unspecified atom stereocenters. The molecule has 3 amide bonds. The van der Waals surface area contributed by atoms with E-state index in [1.54, 1.807) is 18.3 Å². The summed E-state index contributed by atoms with van der Waals surface area (Å²) in [7, 11) is 0. The van der Waals surface area contributed by atoms with Crippen molar-refractivity contribution in [2.75, 3.05) is 18.8 Å². The number of nitrogens with zero attached hydrogens (tertiary/aromatic N) is 3. The summed E-state index contributed by atoms with van der Waals surface area (Å²) in [4.78, 5) is 42.3. The summed E-state index contributed by atoms with van der Waals surface area (Å²) in [5.74, 6) is -1.04. The van der Waals surface area contributed by atoms with Gasteiger partial charge in [0.1, 0.15) is 5.82 Å². The molecule has 0 radical (unpaired) electrons. The van der Waals surface area contributed by atoms with Crippen LogP contribution in [0.25, 0.3) is 11.6 Å². The first-order valence-electron chi connectivity index (χ1n) is 9.34. The lowest BCUT2D eigenvalue weighted by Gasteiger charge is -2.12. The predicted octanol–water partition coefficient (Wildman–Crippen LogP) is 3.42. The largest absolute Gasteiger partial charge is 0.354 e. The Kier molecular flexibility index (Phi) is 6.38. The third kappa shape index (κ3) is 4.80. The molecule has 3 heterocycles. The van der Waals surface area contributed by atoms with Gasteiger partial charge in [0.05, 0.1) is 22.4 Å². The zero-order chi connectivity index (χ0) is 21.8. The molecule has 2 aromatic heterocycles. The number of carbonyl (C=O) groups excluding carboxylic acids is 3. The number of imidazole rings is 1. The van der Waals surface area contributed by atoms with Crippen LogP contribution in [0.2, 0.25) is 0 Å². The Morgan fingerprint density at radius 1 is 1.19 bits per heavy atom. The zero-order valence-corrected chi connectivity index (χ0v) is 17.8. The molecule has 4 rings (SSSR count). The minimum absolute atomic E-state index is 0.0436. The van der Waals surface area contributed by atoms with E-state index >= 15 is 0 Å². The van der Waals surface area contributed by atoms with Gasteiger partial charge in [-0.2, -0.15) is 0 Å². The second-order valence-corrected chi connectivity index (χ2v) is 8.47. The monoisotopic (exact) mass is 456 g/mol. The van der Waals surface area contributed by atoms with Crippen LogP contribution in [0, 0.1) is 5.82 Å². The van der Waals surface area contributed by atoms with E-state index in [4.69, 9.17) is 0 Å². The Hall–Kier alpha value is -3.11. The maximum absolute atomic E-state index is 13.8. The smallest absolute Gasteiger partial charge is 0.293 e. The van der Waals surface area contributed by atoms with E-state index in [0.717, 1.165) is 22.2 Å². The number of rotatable bonds is 7. The first kappa shape index (κ1) is 21.1. The highest BCUT2D eigenvalue weighted by molar-refractivity contribution is 8.18. The van der Waals surface area contributed by atoms with Crippen LogP contribution in [0.4, 0.5) is 9.18 Å². The van der Waals surface area contributed by atoms with Crippen molar-refractivity contribution in [3.8, 4) is 0 Å². The van der Waals surface area contributed by atoms with Gasteiger partial charge in [-0.25, -0.2) is 9.37 Å². The van der Waals surface area contributed by atoms with Crippen molar-refractivity contribution in [3.63, 3.8) is 0 Å². The summed E-state index contributed by atoms with van der Waals surface area (Å²) < 4.78 is 15.7. The third-order valence-corrected chi connectivity index (χ3v) is 6.33. The fourth-order valence-electron chi connectivity index (χ4n) is 2.94. The van der Waals surface area contributed by atoms with Gasteiger partial charge in [-0.1, -0.05) is 36.0 Å². The average molecular weight is 457 g/mol. The molecule has 0 aliphatic carbocycles. The molecule has 1 fully saturated rings. The van der Waals surface area contributed by atoms with Crippen LogP contribution < -0.4 is 5.32 Å². The molecule has 158 valence electrons. The van der Waals surface area contributed by atoms with Gasteiger partial charge in [0, 0.05) is 24.8 Å². The molecule has 1 aliphatic heterocycles. The second kappa shape index (κ2) is 9.36. The van der Waals surface area contributed by atoms with Gasteiger partial charge in [0.25, 0.3) is 11.1 Å². The fourth-order valence-corrected chi connectivity index (χ4v) is 4.59. The first-order chi connectivity index (χ1) is 15.0. The van der Waals surface area contributed by atoms with Crippen LogP contribution >= 0.6 is 23.5 Å². The Morgan fingerprint density at radius 2 is 2.00 bits per heavy atom. The predicted molar refractivity (Wildman–Crippen MR) is 118 cm³/mol. The number of hydrogen-bond donors (Lipinski definition) is 1. The number of fused-ring (bicyclic) bond motifs is 1. The second-order valence-electron chi connectivity index (χ2n) is 6.53. The fraction of sp³-hybridized carbons (Fsp3) is 0.143. The maximum Gasteiger partial charge on any atom is 0.293 e. The average Bonchev–Trinajstić information content (AvgIpc) is 3.29. The molecule has 1 aromatic carbocycles. The number of aromatic nitrogens is 2. The van der Waals surface area contributed by atoms with Gasteiger partial charge >= 0.3 is 0 Å². The minimum atomic E-state index is -0.495. The summed E-state index contributed by atoms with van der Waals surface area (Å²) in [5.41, 5.74) is 1.18. The highest BCUT2D eigenvalue weighted by Gasteiger charge is 2.34. The SMILES string of the molecule is O=C(CSc1ncc2ccccn12)NCCN1C(=O)S/C(=C\c2ccccc2F)C1=O. The number of imide groups is 1. The Morgan fingerprint density at radius 3 is 2.84 bits per heavy atom. The molecule has 3 aromatic rings. The van der Waals surface area contributed by atoms with Crippen LogP contribution in [-0.2, 0) is 9.59 Å². The number of benzene rings is 1. The molecule has 0 atom stereocenters. The van der Waals surface area contributed by atoms with Crippen LogP contribution in [0.5, 0.6) is 0 Å². The van der Waals surface area contributed by atoms with Gasteiger partial charge in [-0.3, -0.25) is 23.7 Å². The van der Waals surface area contributed by atoms with Crippen molar-refractivity contribution in [2.45, 2.75) is 5.16 Å². The topological polar surface area (TPSA) is 83.8 Å². The van der Waals surface area contributed by atoms with Gasteiger partial charge in [0.2, 0.25) is 5.91 Å². The van der Waals surface area contributed by atoms with Crippen LogP contribution in [-0.4, -0.2) is 50.2 Å². The quantitative estimate of drug-likeness (QED) is 0.433. The zero-order valence-electron chi connectivity index (χ0n) is 16.2. The molecule has 1 N–H and O–H groups in total. The molecule has 31 heavy (non-hydrogen) atoms. The van der Waals surface area contributed by atoms with Crippen molar-refractivity contribution < 1.29 is 18.8 Å². The van der Waals surface area contributed by atoms with E-state index in [-0.39, 0.29) is 35.2 Å². The number of hydrogen-bond acceptors (Lipinski definition) is 6. The molecule has 0 bridgehead atoms. The molecule has 0 saturated carbocycles. The molecule has 1 aliphatic rings. The number of nitrogens with one attached hydrogen (secondary N) is 1. The maximum atomic E-state index is 13.8. The van der Waals surface area contributed by atoms with Crippen LogP contribution in [0.1, 0.15) is 5.56 Å². The summed E-state index contributed by atoms with van der Waals surface area (Å²) in [6, 6.07) is 11.7. The van der Waals surface area contributed by atoms with Crippen molar-refractivity contribution in [3.05, 3.63) is 71.1 Å². The van der Waals surface area contributed by atoms with Crippen LogP contribution in [0.3, 0.4) is 0 Å². The van der Waals surface area contributed by atoms with Crippen molar-refractivity contribution in [1.29, 1.82) is 0 Å². The van der Waals surface area contributed by atoms with Crippen molar-refractivity contribution in [1.82, 2.24) is 19.6 Å². The van der Waals surface area contributed by atoms with E-state index in [9.17, 15) is 18.8 Å². The highest BCUT2D eigenvalue weighted by atomic mass is 32.2. The summed E-state index contributed by atoms with van der Waals surface area (Å²) in [6.07, 6.45) is 4.97. The highest BCUT2D eigenvalue weighted by Crippen LogP contribution is 2.32. The summed E-state index contributed by atoms with van der Waals surface area (Å²) >= 11 is 2.05. The number of pyridine rings is 1. The van der Waals surface area contributed by atoms with E-state index < -0.39 is 17.0 Å². The van der Waals surface area contributed by atoms with E-state index in [1.165, 1.54) is 30.0 Å². The van der Waals surface area contributed by atoms with Crippen LogP contribution in [0.15, 0.2) is 64.9 Å². The van der Waals surface area contributed by atoms with Crippen molar-refractivity contribution in [2.24, 2.45) is 0 Å². The number of thioether (sulfide) groups is 2. The number of amides is 3. The summed E-state index contributed by atoms with van der Waals surface area (Å²) in [5, 5.41) is 2.96. The van der Waals surface area contributed by atoms with Crippen molar-refractivity contribution >= 4 is 52.2 Å². The van der Waals surface area contributed by atoms with Gasteiger partial charge in [-0.15, -0.1) is 0 Å². The Labute approximate surface area is 185 Å². The Bertz CT molecular complexity index is 1190. The minimum Gasteiger partial charge on any atom is -0.354 e. The van der Waals surface area contributed by atoms with Gasteiger partial charge in [0.15, 0.2) is 5.16 Å².